The fourth-order valence-electron chi connectivity index (χ4n) is 2.42. The fraction of sp³-hybridized carbons (Fsp3) is 0.118. The van der Waals surface area contributed by atoms with Crippen molar-refractivity contribution in [1.29, 1.82) is 0 Å². The first kappa shape index (κ1) is 17.5. The smallest absolute Gasteiger partial charge is 0.406 e. The van der Waals surface area contributed by atoms with Gasteiger partial charge in [0.2, 0.25) is 5.95 Å². The molecule has 0 fully saturated rings. The zero-order valence-electron chi connectivity index (χ0n) is 13.5. The fourth-order valence-corrected chi connectivity index (χ4v) is 2.42. The Labute approximate surface area is 145 Å². The number of nitrogen functional groups attached to an aromatic ring is 1. The summed E-state index contributed by atoms with van der Waals surface area (Å²) in [5, 5.41) is 0. The van der Waals surface area contributed by atoms with Crippen molar-refractivity contribution in [2.45, 2.75) is 13.3 Å². The lowest BCUT2D eigenvalue weighted by molar-refractivity contribution is -0.274. The highest BCUT2D eigenvalue weighted by atomic mass is 19.4. The lowest BCUT2D eigenvalue weighted by Crippen LogP contribution is -2.19. The van der Waals surface area contributed by atoms with Crippen LogP contribution in [0.15, 0.2) is 53.7 Å². The molecule has 0 saturated carbocycles. The maximum absolute atomic E-state index is 12.3. The number of pyridine rings is 1. The molecule has 26 heavy (non-hydrogen) atoms. The molecule has 0 aliphatic rings. The van der Waals surface area contributed by atoms with Crippen LogP contribution in [-0.4, -0.2) is 20.9 Å². The van der Waals surface area contributed by atoms with Gasteiger partial charge in [-0.25, -0.2) is 9.97 Å². The largest absolute Gasteiger partial charge is 0.573 e. The molecule has 3 rings (SSSR count). The van der Waals surface area contributed by atoms with Crippen molar-refractivity contribution in [2.75, 3.05) is 5.73 Å². The molecule has 2 heterocycles. The summed E-state index contributed by atoms with van der Waals surface area (Å²) in [6.45, 7) is 1.76. The van der Waals surface area contributed by atoms with Gasteiger partial charge in [-0.3, -0.25) is 9.36 Å². The van der Waals surface area contributed by atoms with E-state index in [2.05, 4.69) is 14.7 Å². The van der Waals surface area contributed by atoms with Crippen LogP contribution in [0.4, 0.5) is 19.1 Å². The van der Waals surface area contributed by atoms with E-state index in [-0.39, 0.29) is 17.3 Å². The number of hydrogen-bond donors (Lipinski definition) is 1. The summed E-state index contributed by atoms with van der Waals surface area (Å²) in [7, 11) is 0. The number of aromatic nitrogens is 3. The molecule has 2 N–H and O–H groups in total. The van der Waals surface area contributed by atoms with Crippen molar-refractivity contribution in [3.63, 3.8) is 0 Å². The Balaban J connectivity index is 2.01. The first-order valence-electron chi connectivity index (χ1n) is 7.40. The zero-order chi connectivity index (χ0) is 18.9. The normalized spacial score (nSPS) is 11.4. The number of aryl methyl sites for hydroxylation is 1. The first-order valence-corrected chi connectivity index (χ1v) is 7.40. The van der Waals surface area contributed by atoms with Gasteiger partial charge in [-0.1, -0.05) is 0 Å². The van der Waals surface area contributed by atoms with Crippen LogP contribution < -0.4 is 16.0 Å². The molecule has 0 aliphatic carbocycles. The second-order valence-electron chi connectivity index (χ2n) is 5.45. The standard InChI is InChI=1S/C17H13F3N4O2/c1-10-6-15(25)24(9-14(10)11-7-22-16(21)23-8-11)12-2-4-13(5-3-12)26-17(18,19)20/h2-9H,1H3,(H2,21,22,23). The highest BCUT2D eigenvalue weighted by molar-refractivity contribution is 5.65. The van der Waals surface area contributed by atoms with E-state index in [4.69, 9.17) is 5.73 Å². The van der Waals surface area contributed by atoms with E-state index in [1.165, 1.54) is 35.2 Å². The summed E-state index contributed by atoms with van der Waals surface area (Å²) in [5.74, 6) is -0.242. The highest BCUT2D eigenvalue weighted by Gasteiger charge is 2.31. The second kappa shape index (κ2) is 6.51. The third-order valence-electron chi connectivity index (χ3n) is 3.59. The van der Waals surface area contributed by atoms with Crippen LogP contribution in [0.3, 0.4) is 0 Å². The third kappa shape index (κ3) is 3.82. The van der Waals surface area contributed by atoms with Crippen LogP contribution in [0, 0.1) is 6.92 Å². The van der Waals surface area contributed by atoms with Crippen molar-refractivity contribution < 1.29 is 17.9 Å². The monoisotopic (exact) mass is 362 g/mol. The average molecular weight is 362 g/mol. The number of nitrogens with zero attached hydrogens (tertiary/aromatic N) is 3. The molecule has 0 bridgehead atoms. The Hall–Kier alpha value is -3.36. The molecule has 6 nitrogen and oxygen atoms in total. The summed E-state index contributed by atoms with van der Waals surface area (Å²) in [6.07, 6.45) is -0.143. The van der Waals surface area contributed by atoms with E-state index in [1.54, 1.807) is 13.1 Å². The molecule has 9 heteroatoms. The number of ether oxygens (including phenoxy) is 1. The lowest BCUT2D eigenvalue weighted by Gasteiger charge is -2.12. The summed E-state index contributed by atoms with van der Waals surface area (Å²) >= 11 is 0. The Morgan fingerprint density at radius 3 is 2.31 bits per heavy atom. The van der Waals surface area contributed by atoms with E-state index >= 15 is 0 Å². The molecule has 0 saturated heterocycles. The van der Waals surface area contributed by atoms with Crippen molar-refractivity contribution in [2.24, 2.45) is 0 Å². The molecule has 2 aromatic heterocycles. The number of nitrogens with two attached hydrogens (primary N) is 1. The lowest BCUT2D eigenvalue weighted by atomic mass is 10.1. The first-order chi connectivity index (χ1) is 12.2. The van der Waals surface area contributed by atoms with Gasteiger partial charge >= 0.3 is 6.36 Å². The summed E-state index contributed by atoms with van der Waals surface area (Å²) in [4.78, 5) is 20.1. The van der Waals surface area contributed by atoms with Crippen molar-refractivity contribution in [1.82, 2.24) is 14.5 Å². The molecule has 0 amide bonds. The van der Waals surface area contributed by atoms with Gasteiger partial charge in [0.05, 0.1) is 0 Å². The zero-order valence-corrected chi connectivity index (χ0v) is 13.5. The maximum Gasteiger partial charge on any atom is 0.573 e. The van der Waals surface area contributed by atoms with E-state index in [0.717, 1.165) is 12.1 Å². The predicted molar refractivity (Wildman–Crippen MR) is 88.9 cm³/mol. The van der Waals surface area contributed by atoms with Gasteiger partial charge in [-0.2, -0.15) is 0 Å². The van der Waals surface area contributed by atoms with Crippen molar-refractivity contribution in [3.8, 4) is 22.6 Å². The van der Waals surface area contributed by atoms with Gasteiger partial charge in [-0.05, 0) is 36.8 Å². The van der Waals surface area contributed by atoms with Crippen LogP contribution >= 0.6 is 0 Å². The van der Waals surface area contributed by atoms with Gasteiger partial charge in [0.25, 0.3) is 5.56 Å². The Morgan fingerprint density at radius 2 is 1.73 bits per heavy atom. The van der Waals surface area contributed by atoms with Gasteiger partial charge in [0, 0.05) is 41.5 Å². The quantitative estimate of drug-likeness (QED) is 0.774. The number of rotatable bonds is 3. The minimum Gasteiger partial charge on any atom is -0.406 e. The molecule has 1 aromatic carbocycles. The Morgan fingerprint density at radius 1 is 1.12 bits per heavy atom. The topological polar surface area (TPSA) is 83.0 Å². The molecule has 0 aliphatic heterocycles. The molecule has 3 aromatic rings. The van der Waals surface area contributed by atoms with Crippen LogP contribution in [0.5, 0.6) is 5.75 Å². The van der Waals surface area contributed by atoms with Gasteiger partial charge in [0.1, 0.15) is 5.75 Å². The predicted octanol–water partition coefficient (Wildman–Crippen LogP) is 3.08. The molecule has 0 spiro atoms. The number of halogens is 3. The number of anilines is 1. The van der Waals surface area contributed by atoms with E-state index in [1.807, 2.05) is 0 Å². The minimum absolute atomic E-state index is 0.125. The Bertz CT molecular complexity index is 981. The average Bonchev–Trinajstić information content (AvgIpc) is 2.56. The molecule has 0 radical (unpaired) electrons. The maximum atomic E-state index is 12.3. The van der Waals surface area contributed by atoms with E-state index in [9.17, 15) is 18.0 Å². The van der Waals surface area contributed by atoms with E-state index in [0.29, 0.717) is 22.4 Å². The third-order valence-corrected chi connectivity index (χ3v) is 3.59. The summed E-state index contributed by atoms with van der Waals surface area (Å²) < 4.78 is 41.9. The van der Waals surface area contributed by atoms with Crippen molar-refractivity contribution in [3.05, 3.63) is 64.8 Å². The highest BCUT2D eigenvalue weighted by Crippen LogP contribution is 2.25. The molecule has 134 valence electrons. The number of hydrogen-bond acceptors (Lipinski definition) is 5. The Kier molecular flexibility index (Phi) is 4.37. The minimum atomic E-state index is -4.77. The number of benzene rings is 1. The van der Waals surface area contributed by atoms with Crippen LogP contribution in [0.1, 0.15) is 5.56 Å². The SMILES string of the molecule is Cc1cc(=O)n(-c2ccc(OC(F)(F)F)cc2)cc1-c1cnc(N)nc1. The molecular formula is C17H13F3N4O2. The summed E-state index contributed by atoms with van der Waals surface area (Å²) in [6, 6.07) is 6.43. The second-order valence-corrected chi connectivity index (χ2v) is 5.45. The van der Waals surface area contributed by atoms with Crippen molar-refractivity contribution >= 4 is 5.95 Å². The molecule has 0 atom stereocenters. The van der Waals surface area contributed by atoms with Gasteiger partial charge in [-0.15, -0.1) is 13.2 Å². The van der Waals surface area contributed by atoms with Crippen LogP contribution in [0.2, 0.25) is 0 Å². The molecular weight excluding hydrogens is 349 g/mol. The van der Waals surface area contributed by atoms with Gasteiger partial charge in [0.15, 0.2) is 0 Å². The van der Waals surface area contributed by atoms with Crippen LogP contribution in [-0.2, 0) is 0 Å². The number of alkyl halides is 3. The van der Waals surface area contributed by atoms with Gasteiger partial charge < -0.3 is 10.5 Å². The summed E-state index contributed by atoms with van der Waals surface area (Å²) in [5.41, 5.74) is 7.60. The molecule has 0 unspecified atom stereocenters. The van der Waals surface area contributed by atoms with E-state index < -0.39 is 6.36 Å². The van der Waals surface area contributed by atoms with Crippen LogP contribution in [0.25, 0.3) is 16.8 Å².